The SMILES string of the molecule is O=C1COc2cc(S(=O)(=O)N3CCN(C(=O)C4CCCO4)CC3)c(Cl)cc2N1. The van der Waals surface area contributed by atoms with Crippen LogP contribution < -0.4 is 10.1 Å². The summed E-state index contributed by atoms with van der Waals surface area (Å²) in [7, 11) is -3.87. The van der Waals surface area contributed by atoms with Crippen LogP contribution >= 0.6 is 11.6 Å². The molecule has 1 unspecified atom stereocenters. The zero-order valence-corrected chi connectivity index (χ0v) is 16.6. The van der Waals surface area contributed by atoms with Crippen LogP contribution in [0.5, 0.6) is 5.75 Å². The van der Waals surface area contributed by atoms with Gasteiger partial charge in [-0.25, -0.2) is 8.42 Å². The van der Waals surface area contributed by atoms with E-state index in [0.29, 0.717) is 31.8 Å². The van der Waals surface area contributed by atoms with Crippen LogP contribution in [0.2, 0.25) is 5.02 Å². The van der Waals surface area contributed by atoms with E-state index in [0.717, 1.165) is 6.42 Å². The molecule has 1 N–H and O–H groups in total. The summed E-state index contributed by atoms with van der Waals surface area (Å²) in [5.41, 5.74) is 0.340. The molecular formula is C17H20ClN3O6S. The number of amides is 2. The van der Waals surface area contributed by atoms with Gasteiger partial charge in [-0.3, -0.25) is 9.59 Å². The average molecular weight is 430 g/mol. The number of piperazine rings is 1. The molecule has 0 aliphatic carbocycles. The van der Waals surface area contributed by atoms with E-state index in [2.05, 4.69) is 5.32 Å². The monoisotopic (exact) mass is 429 g/mol. The molecule has 3 aliphatic heterocycles. The Kier molecular flexibility index (Phi) is 5.21. The summed E-state index contributed by atoms with van der Waals surface area (Å²) in [6.45, 7) is 1.35. The molecule has 4 rings (SSSR count). The van der Waals surface area contributed by atoms with Crippen molar-refractivity contribution in [2.24, 2.45) is 0 Å². The summed E-state index contributed by atoms with van der Waals surface area (Å²) in [5, 5.41) is 2.59. The topological polar surface area (TPSA) is 105 Å². The van der Waals surface area contributed by atoms with Crippen molar-refractivity contribution in [1.29, 1.82) is 0 Å². The number of rotatable bonds is 3. The van der Waals surface area contributed by atoms with E-state index < -0.39 is 16.1 Å². The Hall–Kier alpha value is -1.88. The zero-order chi connectivity index (χ0) is 19.9. The summed E-state index contributed by atoms with van der Waals surface area (Å²) in [4.78, 5) is 25.4. The molecule has 3 heterocycles. The van der Waals surface area contributed by atoms with Crippen molar-refractivity contribution in [2.45, 2.75) is 23.8 Å². The molecule has 2 amide bonds. The Morgan fingerprint density at radius 1 is 1.21 bits per heavy atom. The second-order valence-electron chi connectivity index (χ2n) is 6.85. The lowest BCUT2D eigenvalue weighted by Gasteiger charge is -2.35. The van der Waals surface area contributed by atoms with Gasteiger partial charge in [0.2, 0.25) is 10.0 Å². The lowest BCUT2D eigenvalue weighted by Crippen LogP contribution is -2.52. The van der Waals surface area contributed by atoms with Crippen LogP contribution in [0.15, 0.2) is 17.0 Å². The summed E-state index contributed by atoms with van der Waals surface area (Å²) in [5.74, 6) is -0.147. The fraction of sp³-hybridized carbons (Fsp3) is 0.529. The minimum absolute atomic E-state index is 0.00223. The number of sulfonamides is 1. The standard InChI is InChI=1S/C17H20ClN3O6S/c18-11-8-12-14(27-10-16(22)19-12)9-15(11)28(24,25)21-5-3-20(4-6-21)17(23)13-2-1-7-26-13/h8-9,13H,1-7,10H2,(H,19,22). The van der Waals surface area contributed by atoms with E-state index in [9.17, 15) is 18.0 Å². The predicted octanol–water partition coefficient (Wildman–Crippen LogP) is 0.683. The number of carbonyl (C=O) groups is 2. The largest absolute Gasteiger partial charge is 0.482 e. The first-order valence-corrected chi connectivity index (χ1v) is 10.8. The van der Waals surface area contributed by atoms with E-state index in [1.165, 1.54) is 16.4 Å². The van der Waals surface area contributed by atoms with Crippen molar-refractivity contribution < 1.29 is 27.5 Å². The minimum Gasteiger partial charge on any atom is -0.482 e. The summed E-state index contributed by atoms with van der Waals surface area (Å²) in [6, 6.07) is 2.70. The van der Waals surface area contributed by atoms with E-state index in [4.69, 9.17) is 21.1 Å². The highest BCUT2D eigenvalue weighted by Crippen LogP contribution is 2.37. The Morgan fingerprint density at radius 2 is 1.96 bits per heavy atom. The van der Waals surface area contributed by atoms with Gasteiger partial charge in [-0.2, -0.15) is 4.31 Å². The van der Waals surface area contributed by atoms with Crippen LogP contribution in [0, 0.1) is 0 Å². The molecule has 1 aromatic rings. The van der Waals surface area contributed by atoms with E-state index >= 15 is 0 Å². The van der Waals surface area contributed by atoms with Gasteiger partial charge in [0.1, 0.15) is 16.7 Å². The average Bonchev–Trinajstić information content (AvgIpc) is 3.21. The van der Waals surface area contributed by atoms with Gasteiger partial charge in [-0.1, -0.05) is 11.6 Å². The smallest absolute Gasteiger partial charge is 0.262 e. The number of anilines is 1. The molecule has 0 aromatic heterocycles. The van der Waals surface area contributed by atoms with Gasteiger partial charge in [0.05, 0.1) is 10.7 Å². The molecule has 2 fully saturated rings. The molecule has 2 saturated heterocycles. The third kappa shape index (κ3) is 3.57. The number of hydrogen-bond donors (Lipinski definition) is 1. The number of ether oxygens (including phenoxy) is 2. The maximum Gasteiger partial charge on any atom is 0.262 e. The Labute approximate surface area is 167 Å². The number of nitrogens with zero attached hydrogens (tertiary/aromatic N) is 2. The number of fused-ring (bicyclic) bond motifs is 1. The van der Waals surface area contributed by atoms with Crippen LogP contribution in [0.4, 0.5) is 5.69 Å². The molecule has 11 heteroatoms. The predicted molar refractivity (Wildman–Crippen MR) is 99.9 cm³/mol. The van der Waals surface area contributed by atoms with Gasteiger partial charge in [0.25, 0.3) is 11.8 Å². The quantitative estimate of drug-likeness (QED) is 0.757. The molecule has 0 spiro atoms. The lowest BCUT2D eigenvalue weighted by molar-refractivity contribution is -0.142. The number of nitrogens with one attached hydrogen (secondary N) is 1. The second kappa shape index (κ2) is 7.51. The third-order valence-corrected chi connectivity index (χ3v) is 7.40. The number of carbonyl (C=O) groups excluding carboxylic acids is 2. The summed E-state index contributed by atoms with van der Waals surface area (Å²) < 4.78 is 38.2. The van der Waals surface area contributed by atoms with Crippen molar-refractivity contribution in [3.63, 3.8) is 0 Å². The number of halogens is 1. The molecule has 0 saturated carbocycles. The van der Waals surface area contributed by atoms with Crippen LogP contribution in [0.1, 0.15) is 12.8 Å². The lowest BCUT2D eigenvalue weighted by atomic mass is 10.2. The van der Waals surface area contributed by atoms with Crippen LogP contribution in [-0.4, -0.2) is 74.9 Å². The number of hydrogen-bond acceptors (Lipinski definition) is 6. The van der Waals surface area contributed by atoms with Crippen LogP contribution in [0.3, 0.4) is 0 Å². The van der Waals surface area contributed by atoms with Crippen LogP contribution in [0.25, 0.3) is 0 Å². The van der Waals surface area contributed by atoms with Crippen LogP contribution in [-0.2, 0) is 24.3 Å². The zero-order valence-electron chi connectivity index (χ0n) is 15.0. The van der Waals surface area contributed by atoms with Gasteiger partial charge >= 0.3 is 0 Å². The van der Waals surface area contributed by atoms with Crippen molar-refractivity contribution in [2.75, 3.05) is 44.7 Å². The minimum atomic E-state index is -3.87. The number of benzene rings is 1. The van der Waals surface area contributed by atoms with Gasteiger partial charge in [0.15, 0.2) is 6.61 Å². The third-order valence-electron chi connectivity index (χ3n) is 5.04. The first-order chi connectivity index (χ1) is 13.4. The molecule has 28 heavy (non-hydrogen) atoms. The maximum atomic E-state index is 13.1. The Bertz CT molecular complexity index is 908. The molecule has 3 aliphatic rings. The van der Waals surface area contributed by atoms with Crippen molar-refractivity contribution >= 4 is 39.1 Å². The molecule has 9 nitrogen and oxygen atoms in total. The molecular weight excluding hydrogens is 410 g/mol. The van der Waals surface area contributed by atoms with Gasteiger partial charge in [0, 0.05) is 38.9 Å². The Balaban J connectivity index is 1.49. The second-order valence-corrected chi connectivity index (χ2v) is 9.16. The van der Waals surface area contributed by atoms with Crippen molar-refractivity contribution in [3.8, 4) is 5.75 Å². The van der Waals surface area contributed by atoms with Gasteiger partial charge in [-0.15, -0.1) is 0 Å². The van der Waals surface area contributed by atoms with Gasteiger partial charge < -0.3 is 19.7 Å². The Morgan fingerprint density at radius 3 is 2.64 bits per heavy atom. The molecule has 0 bridgehead atoms. The van der Waals surface area contributed by atoms with Crippen molar-refractivity contribution in [1.82, 2.24) is 9.21 Å². The fourth-order valence-corrected chi connectivity index (χ4v) is 5.48. The maximum absolute atomic E-state index is 13.1. The molecule has 1 aromatic carbocycles. The van der Waals surface area contributed by atoms with E-state index in [1.54, 1.807) is 4.90 Å². The van der Waals surface area contributed by atoms with E-state index in [1.807, 2.05) is 0 Å². The fourth-order valence-electron chi connectivity index (χ4n) is 3.54. The normalized spacial score (nSPS) is 23.1. The first-order valence-electron chi connectivity index (χ1n) is 9.03. The van der Waals surface area contributed by atoms with Gasteiger partial charge in [-0.05, 0) is 18.9 Å². The molecule has 1 atom stereocenters. The van der Waals surface area contributed by atoms with E-state index in [-0.39, 0.29) is 47.2 Å². The molecule has 152 valence electrons. The highest BCUT2D eigenvalue weighted by molar-refractivity contribution is 7.89. The summed E-state index contributed by atoms with van der Waals surface area (Å²) in [6.07, 6.45) is 1.16. The first kappa shape index (κ1) is 19.4. The highest BCUT2D eigenvalue weighted by atomic mass is 35.5. The summed E-state index contributed by atoms with van der Waals surface area (Å²) >= 11 is 6.18. The highest BCUT2D eigenvalue weighted by Gasteiger charge is 2.35. The molecule has 0 radical (unpaired) electrons. The van der Waals surface area contributed by atoms with Crippen molar-refractivity contribution in [3.05, 3.63) is 17.2 Å².